The highest BCUT2D eigenvalue weighted by molar-refractivity contribution is 5.93. The molecule has 5 nitrogen and oxygen atoms in total. The van der Waals surface area contributed by atoms with Crippen LogP contribution in [0.25, 0.3) is 0 Å². The molecule has 16 heavy (non-hydrogen) atoms. The molecular formula is C11H17N3O2. The van der Waals surface area contributed by atoms with E-state index in [4.69, 9.17) is 5.11 Å². The molecule has 0 atom stereocenters. The zero-order valence-corrected chi connectivity index (χ0v) is 9.60. The Morgan fingerprint density at radius 1 is 1.56 bits per heavy atom. The van der Waals surface area contributed by atoms with Gasteiger partial charge in [0.05, 0.1) is 5.69 Å². The Bertz CT molecular complexity index is 353. The summed E-state index contributed by atoms with van der Waals surface area (Å²) in [6.45, 7) is 1.73. The lowest BCUT2D eigenvalue weighted by Crippen LogP contribution is -2.17. The van der Waals surface area contributed by atoms with Crippen molar-refractivity contribution in [2.75, 3.05) is 32.5 Å². The Kier molecular flexibility index (Phi) is 4.72. The van der Waals surface area contributed by atoms with E-state index in [0.717, 1.165) is 19.5 Å². The first-order chi connectivity index (χ1) is 7.61. The number of pyridine rings is 1. The summed E-state index contributed by atoms with van der Waals surface area (Å²) in [4.78, 5) is 16.8. The highest BCUT2D eigenvalue weighted by Gasteiger charge is 2.08. The van der Waals surface area contributed by atoms with Gasteiger partial charge in [0.25, 0.3) is 0 Å². The number of anilines is 1. The molecule has 0 amide bonds. The van der Waals surface area contributed by atoms with Gasteiger partial charge in [-0.25, -0.2) is 4.79 Å². The van der Waals surface area contributed by atoms with Crippen LogP contribution < -0.4 is 5.32 Å². The smallest absolute Gasteiger partial charge is 0.339 e. The lowest BCUT2D eigenvalue weighted by Gasteiger charge is -2.11. The quantitative estimate of drug-likeness (QED) is 0.708. The summed E-state index contributed by atoms with van der Waals surface area (Å²) < 4.78 is 0. The van der Waals surface area contributed by atoms with Gasteiger partial charge in [-0.2, -0.15) is 0 Å². The van der Waals surface area contributed by atoms with Gasteiger partial charge in [0.1, 0.15) is 5.56 Å². The van der Waals surface area contributed by atoms with E-state index in [1.54, 1.807) is 12.3 Å². The first-order valence-corrected chi connectivity index (χ1v) is 5.17. The molecule has 0 radical (unpaired) electrons. The fourth-order valence-electron chi connectivity index (χ4n) is 1.34. The van der Waals surface area contributed by atoms with Crippen molar-refractivity contribution in [2.45, 2.75) is 6.42 Å². The van der Waals surface area contributed by atoms with Gasteiger partial charge in [-0.1, -0.05) is 0 Å². The maximum Gasteiger partial charge on any atom is 0.339 e. The minimum atomic E-state index is -0.955. The largest absolute Gasteiger partial charge is 0.478 e. The van der Waals surface area contributed by atoms with E-state index in [-0.39, 0.29) is 5.56 Å². The summed E-state index contributed by atoms with van der Waals surface area (Å²) in [7, 11) is 4.02. The molecule has 2 N–H and O–H groups in total. The van der Waals surface area contributed by atoms with Crippen LogP contribution in [0.4, 0.5) is 5.69 Å². The second-order valence-electron chi connectivity index (χ2n) is 3.81. The van der Waals surface area contributed by atoms with Crippen LogP contribution in [0.5, 0.6) is 0 Å². The standard InChI is InChI=1S/C11H17N3O2/c1-14(2)7-3-5-13-10-4-6-12-8-9(10)11(15)16/h4,6,8H,3,5,7H2,1-2H3,(H,12,13)(H,15,16). The number of hydrogen-bond acceptors (Lipinski definition) is 4. The van der Waals surface area contributed by atoms with Crippen molar-refractivity contribution in [3.63, 3.8) is 0 Å². The van der Waals surface area contributed by atoms with Crippen molar-refractivity contribution < 1.29 is 9.90 Å². The van der Waals surface area contributed by atoms with Crippen LogP contribution >= 0.6 is 0 Å². The lowest BCUT2D eigenvalue weighted by molar-refractivity contribution is 0.0697. The number of carboxylic acid groups (broad SMARTS) is 1. The van der Waals surface area contributed by atoms with Gasteiger partial charge >= 0.3 is 5.97 Å². The van der Waals surface area contributed by atoms with Gasteiger partial charge in [0.15, 0.2) is 0 Å². The molecule has 1 aromatic heterocycles. The third kappa shape index (κ3) is 3.86. The Morgan fingerprint density at radius 3 is 2.94 bits per heavy atom. The van der Waals surface area contributed by atoms with Crippen LogP contribution in [0, 0.1) is 0 Å². The Balaban J connectivity index is 2.50. The first-order valence-electron chi connectivity index (χ1n) is 5.17. The van der Waals surface area contributed by atoms with E-state index in [1.165, 1.54) is 6.20 Å². The fraction of sp³-hybridized carbons (Fsp3) is 0.455. The first kappa shape index (κ1) is 12.4. The van der Waals surface area contributed by atoms with Crippen molar-refractivity contribution in [1.29, 1.82) is 0 Å². The van der Waals surface area contributed by atoms with Crippen molar-refractivity contribution in [3.05, 3.63) is 24.0 Å². The summed E-state index contributed by atoms with van der Waals surface area (Å²) in [5, 5.41) is 12.0. The van der Waals surface area contributed by atoms with Crippen molar-refractivity contribution >= 4 is 11.7 Å². The van der Waals surface area contributed by atoms with Crippen LogP contribution in [0.15, 0.2) is 18.5 Å². The van der Waals surface area contributed by atoms with Gasteiger partial charge in [-0.05, 0) is 33.1 Å². The van der Waals surface area contributed by atoms with Crippen LogP contribution in [0.1, 0.15) is 16.8 Å². The molecule has 1 rings (SSSR count). The lowest BCUT2D eigenvalue weighted by atomic mass is 10.2. The zero-order chi connectivity index (χ0) is 12.0. The summed E-state index contributed by atoms with van der Waals surface area (Å²) in [6.07, 6.45) is 3.91. The summed E-state index contributed by atoms with van der Waals surface area (Å²) in [5.74, 6) is -0.955. The van der Waals surface area contributed by atoms with Crippen molar-refractivity contribution in [2.24, 2.45) is 0 Å². The SMILES string of the molecule is CN(C)CCCNc1ccncc1C(=O)O. The van der Waals surface area contributed by atoms with Gasteiger partial charge in [-0.3, -0.25) is 4.98 Å². The number of aromatic nitrogens is 1. The predicted molar refractivity (Wildman–Crippen MR) is 62.9 cm³/mol. The molecule has 0 unspecified atom stereocenters. The molecule has 0 aliphatic rings. The molecule has 0 aliphatic heterocycles. The molecule has 88 valence electrons. The third-order valence-corrected chi connectivity index (χ3v) is 2.15. The zero-order valence-electron chi connectivity index (χ0n) is 9.60. The number of hydrogen-bond donors (Lipinski definition) is 2. The molecule has 1 aromatic rings. The van der Waals surface area contributed by atoms with E-state index in [2.05, 4.69) is 15.2 Å². The Hall–Kier alpha value is -1.62. The van der Waals surface area contributed by atoms with Gasteiger partial charge < -0.3 is 15.3 Å². The molecule has 0 spiro atoms. The predicted octanol–water partition coefficient (Wildman–Crippen LogP) is 1.14. The Labute approximate surface area is 95.1 Å². The molecule has 0 saturated heterocycles. The molecular weight excluding hydrogens is 206 g/mol. The van der Waals surface area contributed by atoms with Crippen LogP contribution in [-0.4, -0.2) is 48.1 Å². The molecule has 0 fully saturated rings. The van der Waals surface area contributed by atoms with Crippen LogP contribution in [-0.2, 0) is 0 Å². The minimum absolute atomic E-state index is 0.215. The normalized spacial score (nSPS) is 10.4. The Morgan fingerprint density at radius 2 is 2.31 bits per heavy atom. The maximum atomic E-state index is 10.9. The maximum absolute atomic E-state index is 10.9. The van der Waals surface area contributed by atoms with E-state index in [1.807, 2.05) is 14.1 Å². The van der Waals surface area contributed by atoms with Gasteiger partial charge in [0.2, 0.25) is 0 Å². The second kappa shape index (κ2) is 6.07. The average molecular weight is 223 g/mol. The molecule has 0 aromatic carbocycles. The van der Waals surface area contributed by atoms with Crippen LogP contribution in [0.2, 0.25) is 0 Å². The molecule has 1 heterocycles. The molecule has 0 saturated carbocycles. The monoisotopic (exact) mass is 223 g/mol. The van der Waals surface area contributed by atoms with Gasteiger partial charge in [0, 0.05) is 18.9 Å². The second-order valence-corrected chi connectivity index (χ2v) is 3.81. The highest BCUT2D eigenvalue weighted by atomic mass is 16.4. The molecule has 0 bridgehead atoms. The number of carboxylic acids is 1. The number of nitrogens with one attached hydrogen (secondary N) is 1. The van der Waals surface area contributed by atoms with E-state index in [9.17, 15) is 4.79 Å². The molecule has 0 aliphatic carbocycles. The summed E-state index contributed by atoms with van der Waals surface area (Å²) >= 11 is 0. The van der Waals surface area contributed by atoms with Crippen molar-refractivity contribution in [1.82, 2.24) is 9.88 Å². The van der Waals surface area contributed by atoms with Crippen molar-refractivity contribution in [3.8, 4) is 0 Å². The molecule has 5 heteroatoms. The third-order valence-electron chi connectivity index (χ3n) is 2.15. The van der Waals surface area contributed by atoms with E-state index < -0.39 is 5.97 Å². The topological polar surface area (TPSA) is 65.5 Å². The number of nitrogens with zero attached hydrogens (tertiary/aromatic N) is 2. The highest BCUT2D eigenvalue weighted by Crippen LogP contribution is 2.12. The fourth-order valence-corrected chi connectivity index (χ4v) is 1.34. The van der Waals surface area contributed by atoms with Gasteiger partial charge in [-0.15, -0.1) is 0 Å². The average Bonchev–Trinajstić information content (AvgIpc) is 2.24. The van der Waals surface area contributed by atoms with Crippen LogP contribution in [0.3, 0.4) is 0 Å². The summed E-state index contributed by atoms with van der Waals surface area (Å²) in [6, 6.07) is 1.68. The number of rotatable bonds is 6. The van der Waals surface area contributed by atoms with E-state index >= 15 is 0 Å². The minimum Gasteiger partial charge on any atom is -0.478 e. The number of aromatic carboxylic acids is 1. The number of carbonyl (C=O) groups is 1. The van der Waals surface area contributed by atoms with E-state index in [0.29, 0.717) is 5.69 Å². The summed E-state index contributed by atoms with van der Waals surface area (Å²) in [5.41, 5.74) is 0.841.